The molecule has 0 spiro atoms. The molecule has 1 aromatic carbocycles. The van der Waals surface area contributed by atoms with Gasteiger partial charge in [0.25, 0.3) is 11.8 Å². The Bertz CT molecular complexity index is 1140. The highest BCUT2D eigenvalue weighted by Gasteiger charge is 2.42. The maximum atomic E-state index is 13.5. The van der Waals surface area contributed by atoms with E-state index in [4.69, 9.17) is 4.98 Å². The SMILES string of the molecule is CN1CC2CCC(C1)N2C(=O)c1cnc2c(c1)C(c1ccc3c(c1)CCNC3=O)=CCC2. The number of hydrogen-bond acceptors (Lipinski definition) is 4. The number of fused-ring (bicyclic) bond motifs is 4. The molecule has 2 unspecified atom stereocenters. The molecule has 1 aromatic heterocycles. The second kappa shape index (κ2) is 7.55. The zero-order valence-electron chi connectivity index (χ0n) is 18.4. The largest absolute Gasteiger partial charge is 0.352 e. The molecule has 2 amide bonds. The van der Waals surface area contributed by atoms with Crippen LogP contribution in [0.15, 0.2) is 36.5 Å². The van der Waals surface area contributed by atoms with E-state index < -0.39 is 0 Å². The van der Waals surface area contributed by atoms with Crippen molar-refractivity contribution in [3.8, 4) is 0 Å². The average Bonchev–Trinajstić information content (AvgIpc) is 3.08. The number of hydrogen-bond donors (Lipinski definition) is 1. The van der Waals surface area contributed by atoms with Crippen LogP contribution in [0.3, 0.4) is 0 Å². The Morgan fingerprint density at radius 1 is 1.09 bits per heavy atom. The third-order valence-electron chi connectivity index (χ3n) is 7.48. The minimum Gasteiger partial charge on any atom is -0.352 e. The first-order valence-corrected chi connectivity index (χ1v) is 11.7. The molecule has 4 aliphatic rings. The van der Waals surface area contributed by atoms with E-state index in [1.807, 2.05) is 12.1 Å². The standard InChI is InChI=1S/C26H28N4O2/c1-29-14-19-6-7-20(15-29)30(19)26(32)18-12-23-21(3-2-4-24(23)28-13-18)16-5-8-22-17(11-16)9-10-27-25(22)31/h3,5,8,11-13,19-20H,2,4,6-7,9-10,14-15H2,1H3,(H,27,31). The first-order chi connectivity index (χ1) is 15.6. The Kier molecular flexibility index (Phi) is 4.65. The molecule has 32 heavy (non-hydrogen) atoms. The van der Waals surface area contributed by atoms with E-state index in [2.05, 4.69) is 40.4 Å². The Hall–Kier alpha value is -2.99. The van der Waals surface area contributed by atoms with Crippen molar-refractivity contribution < 1.29 is 9.59 Å². The first-order valence-electron chi connectivity index (χ1n) is 11.7. The quantitative estimate of drug-likeness (QED) is 0.799. The van der Waals surface area contributed by atoms with Crippen LogP contribution in [0.25, 0.3) is 5.57 Å². The molecule has 6 rings (SSSR count). The van der Waals surface area contributed by atoms with Gasteiger partial charge in [-0.05, 0) is 68.0 Å². The van der Waals surface area contributed by atoms with Crippen molar-refractivity contribution in [2.24, 2.45) is 0 Å². The second-order valence-corrected chi connectivity index (χ2v) is 9.57. The molecule has 2 bridgehead atoms. The lowest BCUT2D eigenvalue weighted by Gasteiger charge is -2.39. The summed E-state index contributed by atoms with van der Waals surface area (Å²) in [4.78, 5) is 34.9. The fourth-order valence-corrected chi connectivity index (χ4v) is 5.97. The summed E-state index contributed by atoms with van der Waals surface area (Å²) in [5, 5.41) is 2.91. The summed E-state index contributed by atoms with van der Waals surface area (Å²) in [6, 6.07) is 8.77. The van der Waals surface area contributed by atoms with Gasteiger partial charge in [0.15, 0.2) is 0 Å². The van der Waals surface area contributed by atoms with Crippen molar-refractivity contribution in [3.05, 3.63) is 70.0 Å². The summed E-state index contributed by atoms with van der Waals surface area (Å²) in [5.41, 5.74) is 6.89. The Balaban J connectivity index is 1.35. The normalized spacial score (nSPS) is 24.5. The van der Waals surface area contributed by atoms with Crippen LogP contribution in [-0.2, 0) is 12.8 Å². The molecule has 2 aromatic rings. The lowest BCUT2D eigenvalue weighted by atomic mass is 9.86. The second-order valence-electron chi connectivity index (χ2n) is 9.57. The lowest BCUT2D eigenvalue weighted by Crippen LogP contribution is -2.54. The monoisotopic (exact) mass is 428 g/mol. The van der Waals surface area contributed by atoms with E-state index in [9.17, 15) is 9.59 Å². The van der Waals surface area contributed by atoms with Gasteiger partial charge in [-0.25, -0.2) is 0 Å². The molecule has 2 fully saturated rings. The van der Waals surface area contributed by atoms with E-state index >= 15 is 0 Å². The van der Waals surface area contributed by atoms with Crippen LogP contribution in [0.4, 0.5) is 0 Å². The maximum absolute atomic E-state index is 13.5. The molecule has 164 valence electrons. The van der Waals surface area contributed by atoms with Crippen molar-refractivity contribution in [3.63, 3.8) is 0 Å². The van der Waals surface area contributed by atoms with Crippen molar-refractivity contribution in [1.82, 2.24) is 20.1 Å². The Morgan fingerprint density at radius 3 is 2.72 bits per heavy atom. The average molecular weight is 429 g/mol. The van der Waals surface area contributed by atoms with Gasteiger partial charge in [-0.2, -0.15) is 0 Å². The highest BCUT2D eigenvalue weighted by atomic mass is 16.2. The number of likely N-dealkylation sites (N-methyl/N-ethyl adjacent to an activating group) is 1. The highest BCUT2D eigenvalue weighted by Crippen LogP contribution is 2.35. The number of likely N-dealkylation sites (tertiary alicyclic amines) is 1. The molecule has 2 atom stereocenters. The number of allylic oxidation sites excluding steroid dienone is 1. The zero-order chi connectivity index (χ0) is 21.8. The number of piperazine rings is 1. The van der Waals surface area contributed by atoms with Crippen molar-refractivity contribution in [1.29, 1.82) is 0 Å². The van der Waals surface area contributed by atoms with E-state index in [0.29, 0.717) is 24.2 Å². The highest BCUT2D eigenvalue weighted by molar-refractivity contribution is 5.98. The number of nitrogens with one attached hydrogen (secondary N) is 1. The number of rotatable bonds is 2. The van der Waals surface area contributed by atoms with Gasteiger partial charge < -0.3 is 15.1 Å². The fourth-order valence-electron chi connectivity index (χ4n) is 5.97. The van der Waals surface area contributed by atoms with Crippen LogP contribution in [0.1, 0.15) is 62.4 Å². The number of carbonyl (C=O) groups is 2. The van der Waals surface area contributed by atoms with E-state index in [-0.39, 0.29) is 11.8 Å². The maximum Gasteiger partial charge on any atom is 0.256 e. The number of benzene rings is 1. The fraction of sp³-hybridized carbons (Fsp3) is 0.423. The molecule has 3 aliphatic heterocycles. The third-order valence-corrected chi connectivity index (χ3v) is 7.48. The molecule has 6 nitrogen and oxygen atoms in total. The molecule has 6 heteroatoms. The van der Waals surface area contributed by atoms with Gasteiger partial charge in [-0.1, -0.05) is 18.2 Å². The van der Waals surface area contributed by atoms with E-state index in [1.54, 1.807) is 6.20 Å². The summed E-state index contributed by atoms with van der Waals surface area (Å²) < 4.78 is 0. The number of aromatic nitrogens is 1. The van der Waals surface area contributed by atoms with Crippen LogP contribution < -0.4 is 5.32 Å². The summed E-state index contributed by atoms with van der Waals surface area (Å²) in [6.45, 7) is 2.58. The summed E-state index contributed by atoms with van der Waals surface area (Å²) >= 11 is 0. The summed E-state index contributed by atoms with van der Waals surface area (Å²) in [5.74, 6) is 0.125. The topological polar surface area (TPSA) is 65.5 Å². The Labute approximate surface area is 188 Å². The number of pyridine rings is 1. The van der Waals surface area contributed by atoms with E-state index in [0.717, 1.165) is 78.7 Å². The Morgan fingerprint density at radius 2 is 1.91 bits per heavy atom. The van der Waals surface area contributed by atoms with Crippen molar-refractivity contribution in [2.75, 3.05) is 26.7 Å². The predicted molar refractivity (Wildman–Crippen MR) is 123 cm³/mol. The molecular formula is C26H28N4O2. The minimum absolute atomic E-state index is 0.00665. The van der Waals surface area contributed by atoms with Crippen LogP contribution >= 0.6 is 0 Å². The number of amides is 2. The third kappa shape index (κ3) is 3.16. The van der Waals surface area contributed by atoms with Crippen LogP contribution in [0.2, 0.25) is 0 Å². The molecule has 4 heterocycles. The van der Waals surface area contributed by atoms with Gasteiger partial charge in [0.1, 0.15) is 0 Å². The van der Waals surface area contributed by atoms with Crippen LogP contribution in [0.5, 0.6) is 0 Å². The summed E-state index contributed by atoms with van der Waals surface area (Å²) in [7, 11) is 2.15. The molecule has 1 N–H and O–H groups in total. The van der Waals surface area contributed by atoms with Crippen LogP contribution in [0, 0.1) is 0 Å². The molecule has 0 saturated carbocycles. The number of carbonyl (C=O) groups excluding carboxylic acids is 2. The zero-order valence-corrected chi connectivity index (χ0v) is 18.4. The minimum atomic E-state index is 0.00665. The van der Waals surface area contributed by atoms with Gasteiger partial charge in [-0.3, -0.25) is 14.6 Å². The van der Waals surface area contributed by atoms with Gasteiger partial charge >= 0.3 is 0 Å². The van der Waals surface area contributed by atoms with Gasteiger partial charge in [-0.15, -0.1) is 0 Å². The smallest absolute Gasteiger partial charge is 0.256 e. The van der Waals surface area contributed by atoms with Crippen LogP contribution in [-0.4, -0.2) is 65.4 Å². The first kappa shape index (κ1) is 19.7. The predicted octanol–water partition coefficient (Wildman–Crippen LogP) is 2.66. The lowest BCUT2D eigenvalue weighted by molar-refractivity contribution is 0.0472. The van der Waals surface area contributed by atoms with Gasteiger partial charge in [0.05, 0.1) is 5.56 Å². The van der Waals surface area contributed by atoms with Gasteiger partial charge in [0.2, 0.25) is 0 Å². The molecule has 1 aliphatic carbocycles. The van der Waals surface area contributed by atoms with Crippen molar-refractivity contribution in [2.45, 2.75) is 44.2 Å². The molecular weight excluding hydrogens is 400 g/mol. The van der Waals surface area contributed by atoms with Crippen molar-refractivity contribution >= 4 is 17.4 Å². The molecule has 0 radical (unpaired) electrons. The van der Waals surface area contributed by atoms with Gasteiger partial charge in [0, 0.05) is 54.7 Å². The number of aryl methyl sites for hydroxylation is 1. The molecule has 2 saturated heterocycles. The van der Waals surface area contributed by atoms with E-state index in [1.165, 1.54) is 0 Å². The summed E-state index contributed by atoms with van der Waals surface area (Å²) in [6.07, 6.45) is 8.88. The number of nitrogens with zero attached hydrogens (tertiary/aromatic N) is 3.